The molecule has 0 saturated carbocycles. The third kappa shape index (κ3) is 5.15. The fourth-order valence-electron chi connectivity index (χ4n) is 5.23. The molecule has 2 aliphatic heterocycles. The first-order valence-corrected chi connectivity index (χ1v) is 13.6. The topological polar surface area (TPSA) is 26.7 Å². The van der Waals surface area contributed by atoms with Gasteiger partial charge in [-0.2, -0.15) is 0 Å². The van der Waals surface area contributed by atoms with Gasteiger partial charge in [-0.1, -0.05) is 59.1 Å². The second-order valence-electron chi connectivity index (χ2n) is 10.6. The van der Waals surface area contributed by atoms with Crippen LogP contribution in [-0.2, 0) is 0 Å². The molecule has 0 radical (unpaired) electrons. The third-order valence-corrected chi connectivity index (χ3v) is 8.19. The summed E-state index contributed by atoms with van der Waals surface area (Å²) in [5.41, 5.74) is 6.18. The number of hydrogen-bond acceptors (Lipinski definition) is 3. The number of alkyl halides is 1. The Kier molecular flexibility index (Phi) is 7.34. The Morgan fingerprint density at radius 2 is 1.78 bits per heavy atom. The number of rotatable bonds is 3. The molecule has 2 unspecified atom stereocenters. The van der Waals surface area contributed by atoms with Crippen molar-refractivity contribution in [1.82, 2.24) is 4.90 Å². The van der Waals surface area contributed by atoms with Crippen LogP contribution in [-0.4, -0.2) is 41.0 Å². The Hall–Kier alpha value is -2.08. The number of hydrogen-bond donors (Lipinski definition) is 1. The molecule has 3 aliphatic rings. The van der Waals surface area contributed by atoms with E-state index in [0.717, 1.165) is 47.5 Å². The Morgan fingerprint density at radius 1 is 1.05 bits per heavy atom. The van der Waals surface area contributed by atoms with Gasteiger partial charge in [0.15, 0.2) is 6.23 Å². The van der Waals surface area contributed by atoms with Gasteiger partial charge in [-0.05, 0) is 85.9 Å². The van der Waals surface area contributed by atoms with E-state index in [1.54, 1.807) is 29.2 Å². The Balaban J connectivity index is 1.70. The van der Waals surface area contributed by atoms with E-state index in [-0.39, 0.29) is 12.0 Å². The summed E-state index contributed by atoms with van der Waals surface area (Å²) in [7, 11) is 0. The zero-order chi connectivity index (χ0) is 26.5. The smallest absolute Gasteiger partial charge is 0.150 e. The van der Waals surface area contributed by atoms with Crippen LogP contribution in [0.1, 0.15) is 50.3 Å². The molecule has 5 rings (SSSR count). The van der Waals surface area contributed by atoms with E-state index >= 15 is 0 Å². The molecular weight excluding hydrogens is 530 g/mol. The lowest BCUT2D eigenvalue weighted by Gasteiger charge is -2.38. The lowest BCUT2D eigenvalue weighted by atomic mass is 9.87. The number of para-hydroxylation sites is 1. The van der Waals surface area contributed by atoms with Crippen LogP contribution in [0.3, 0.4) is 0 Å². The number of anilines is 2. The fraction of sp³-hybridized carbons (Fsp3) is 0.333. The predicted molar refractivity (Wildman–Crippen MR) is 155 cm³/mol. The predicted octanol–water partition coefficient (Wildman–Crippen LogP) is 8.61. The fourth-order valence-corrected chi connectivity index (χ4v) is 6.12. The normalized spacial score (nSPS) is 22.4. The van der Waals surface area contributed by atoms with Crippen molar-refractivity contribution in [2.75, 3.05) is 18.0 Å². The van der Waals surface area contributed by atoms with Crippen LogP contribution in [0.5, 0.6) is 0 Å². The van der Waals surface area contributed by atoms with Crippen molar-refractivity contribution in [2.24, 2.45) is 0 Å². The monoisotopic (exact) mass is 558 g/mol. The molecule has 7 heteroatoms. The van der Waals surface area contributed by atoms with Gasteiger partial charge in [0, 0.05) is 35.6 Å². The summed E-state index contributed by atoms with van der Waals surface area (Å²) in [5.74, 6) is 0. The van der Waals surface area contributed by atoms with E-state index in [9.17, 15) is 9.50 Å². The van der Waals surface area contributed by atoms with E-state index in [4.69, 9.17) is 34.8 Å². The first-order chi connectivity index (χ1) is 17.5. The number of benzene rings is 2. The highest BCUT2D eigenvalue weighted by Gasteiger charge is 2.31. The molecule has 2 atom stereocenters. The molecule has 0 saturated heterocycles. The number of aliphatic hydroxyl groups is 1. The number of allylic oxidation sites excluding steroid dienone is 4. The Bertz CT molecular complexity index is 1340. The first kappa shape index (κ1) is 26.5. The maximum absolute atomic E-state index is 14.1. The molecule has 1 aliphatic carbocycles. The van der Waals surface area contributed by atoms with Gasteiger partial charge in [0.2, 0.25) is 0 Å². The van der Waals surface area contributed by atoms with E-state index in [2.05, 4.69) is 43.9 Å². The lowest BCUT2D eigenvalue weighted by Crippen LogP contribution is -2.43. The summed E-state index contributed by atoms with van der Waals surface area (Å²) in [6, 6.07) is 9.51. The van der Waals surface area contributed by atoms with Crippen LogP contribution in [0.15, 0.2) is 59.7 Å². The number of aliphatic hydroxyl groups excluding tert-OH is 1. The average Bonchev–Trinajstić information content (AvgIpc) is 2.84. The molecule has 194 valence electrons. The molecule has 1 N–H and O–H groups in total. The van der Waals surface area contributed by atoms with Gasteiger partial charge >= 0.3 is 0 Å². The van der Waals surface area contributed by atoms with Gasteiger partial charge in [0.1, 0.15) is 6.17 Å². The SMILES string of the molecule is CC(C)(C)N1CC=C(c2cc(C3=CCC(F)C=C3Cl)c3c(c2)N(c2c(Cl)cccc2Cl)C(O)C=C3)CC1. The minimum atomic E-state index is -1.10. The number of fused-ring (bicyclic) bond motifs is 1. The number of halogens is 4. The second-order valence-corrected chi connectivity index (χ2v) is 11.9. The van der Waals surface area contributed by atoms with Gasteiger partial charge < -0.3 is 10.0 Å². The van der Waals surface area contributed by atoms with E-state index in [0.29, 0.717) is 20.8 Å². The zero-order valence-electron chi connectivity index (χ0n) is 21.1. The molecule has 37 heavy (non-hydrogen) atoms. The van der Waals surface area contributed by atoms with Crippen LogP contribution < -0.4 is 4.90 Å². The van der Waals surface area contributed by atoms with Crippen molar-refractivity contribution in [3.8, 4) is 0 Å². The Labute approximate surface area is 233 Å². The van der Waals surface area contributed by atoms with Gasteiger partial charge in [-0.15, -0.1) is 0 Å². The van der Waals surface area contributed by atoms with Crippen LogP contribution >= 0.6 is 34.8 Å². The molecule has 2 aromatic carbocycles. The van der Waals surface area contributed by atoms with E-state index in [1.165, 1.54) is 11.6 Å². The standard InChI is InChI=1S/C30H30Cl3FN2O/c1-30(2,3)35-13-11-18(12-14-35)19-15-23(21-8-7-20(34)17-26(21)33)22-9-10-28(37)36(27(22)16-19)29-24(31)5-4-6-25(29)32/h4-6,8-11,15-17,20,28,37H,7,12-14H2,1-3H3. The molecule has 2 heterocycles. The number of nitrogens with zero attached hydrogens (tertiary/aromatic N) is 2. The highest BCUT2D eigenvalue weighted by molar-refractivity contribution is 6.39. The van der Waals surface area contributed by atoms with Crippen molar-refractivity contribution in [2.45, 2.75) is 51.6 Å². The lowest BCUT2D eigenvalue weighted by molar-refractivity contribution is 0.153. The summed E-state index contributed by atoms with van der Waals surface area (Å²) in [6.45, 7) is 8.47. The highest BCUT2D eigenvalue weighted by atomic mass is 35.5. The quantitative estimate of drug-likeness (QED) is 0.408. The van der Waals surface area contributed by atoms with Crippen LogP contribution in [0.2, 0.25) is 10.0 Å². The van der Waals surface area contributed by atoms with Crippen LogP contribution in [0, 0.1) is 0 Å². The summed E-state index contributed by atoms with van der Waals surface area (Å²) in [6.07, 6.45) is 8.26. The van der Waals surface area contributed by atoms with Crippen molar-refractivity contribution in [3.05, 3.63) is 86.4 Å². The summed E-state index contributed by atoms with van der Waals surface area (Å²) in [4.78, 5) is 4.21. The summed E-state index contributed by atoms with van der Waals surface area (Å²) < 4.78 is 14.1. The van der Waals surface area contributed by atoms with Gasteiger partial charge in [0.05, 0.1) is 21.4 Å². The van der Waals surface area contributed by atoms with Gasteiger partial charge in [-0.3, -0.25) is 4.90 Å². The molecule has 0 bridgehead atoms. The molecular formula is C30H30Cl3FN2O. The summed E-state index contributed by atoms with van der Waals surface area (Å²) >= 11 is 19.8. The minimum absolute atomic E-state index is 0.0870. The van der Waals surface area contributed by atoms with Gasteiger partial charge in [0.25, 0.3) is 0 Å². The van der Waals surface area contributed by atoms with Crippen molar-refractivity contribution < 1.29 is 9.50 Å². The molecule has 0 fully saturated rings. The maximum Gasteiger partial charge on any atom is 0.150 e. The second kappa shape index (κ2) is 10.2. The average molecular weight is 560 g/mol. The minimum Gasteiger partial charge on any atom is -0.370 e. The zero-order valence-corrected chi connectivity index (χ0v) is 23.4. The van der Waals surface area contributed by atoms with Crippen LogP contribution in [0.25, 0.3) is 17.2 Å². The largest absolute Gasteiger partial charge is 0.370 e. The molecule has 0 spiro atoms. The first-order valence-electron chi connectivity index (χ1n) is 12.5. The van der Waals surface area contributed by atoms with E-state index in [1.807, 2.05) is 12.2 Å². The van der Waals surface area contributed by atoms with Crippen molar-refractivity contribution in [1.29, 1.82) is 0 Å². The van der Waals surface area contributed by atoms with E-state index < -0.39 is 12.4 Å². The van der Waals surface area contributed by atoms with Crippen molar-refractivity contribution >= 4 is 63.4 Å². The molecule has 0 amide bonds. The maximum atomic E-state index is 14.1. The molecule has 0 aromatic heterocycles. The van der Waals surface area contributed by atoms with Crippen molar-refractivity contribution in [3.63, 3.8) is 0 Å². The van der Waals surface area contributed by atoms with Crippen LogP contribution in [0.4, 0.5) is 15.8 Å². The molecule has 2 aromatic rings. The summed E-state index contributed by atoms with van der Waals surface area (Å²) in [5, 5.41) is 12.4. The van der Waals surface area contributed by atoms with Gasteiger partial charge in [-0.25, -0.2) is 4.39 Å². The third-order valence-electron chi connectivity index (χ3n) is 7.25. The highest BCUT2D eigenvalue weighted by Crippen LogP contribution is 2.47. The molecule has 3 nitrogen and oxygen atoms in total. The Morgan fingerprint density at radius 3 is 2.41 bits per heavy atom.